The SMILES string of the molecule is CCC[C@@H]1O[C@@H]2C[C@H]3[C@@H]4CCC5=Cc6c(cnn6-c6ccc(F)c(C[NH2+]CCO)c6)C[C@]5(C)[C@H]4[C@@H](O)C[C@]3(C)[C@]2(C(=O)CO)O1.O=C([O-])C(F)(F)F. The van der Waals surface area contributed by atoms with E-state index < -0.39 is 48.3 Å². The molecule has 5 N–H and O–H groups in total. The fourth-order valence-electron chi connectivity index (χ4n) is 10.4. The second-order valence-corrected chi connectivity index (χ2v) is 15.3. The maximum absolute atomic E-state index is 14.6. The van der Waals surface area contributed by atoms with Gasteiger partial charge < -0.3 is 40.0 Å². The minimum absolute atomic E-state index is 0.00175. The lowest BCUT2D eigenvalue weighted by Crippen LogP contribution is -2.83. The Bertz CT molecular complexity index is 1720. The van der Waals surface area contributed by atoms with Crippen molar-refractivity contribution in [1.82, 2.24) is 9.78 Å². The molecule has 2 aromatic rings. The van der Waals surface area contributed by atoms with Gasteiger partial charge in [0.1, 0.15) is 24.9 Å². The molecule has 11 nitrogen and oxygen atoms in total. The number of nitrogens with two attached hydrogens (primary N) is 1. The van der Waals surface area contributed by atoms with Gasteiger partial charge in [0.15, 0.2) is 17.7 Å². The van der Waals surface area contributed by atoms with Crippen molar-refractivity contribution in [2.24, 2.45) is 28.6 Å². The summed E-state index contributed by atoms with van der Waals surface area (Å²) < 4.78 is 61.0. The number of hydrogen-bond acceptors (Lipinski definition) is 9. The predicted molar refractivity (Wildman–Crippen MR) is 174 cm³/mol. The topological polar surface area (TPSA) is 171 Å². The molecule has 1 aromatic carbocycles. The number of rotatable bonds is 9. The number of ether oxygens (including phenoxy) is 2. The van der Waals surface area contributed by atoms with Gasteiger partial charge in [0.2, 0.25) is 0 Å². The van der Waals surface area contributed by atoms with Crippen LogP contribution >= 0.6 is 0 Å². The van der Waals surface area contributed by atoms with Crippen LogP contribution in [0.2, 0.25) is 0 Å². The number of aromatic nitrogens is 2. The van der Waals surface area contributed by atoms with Gasteiger partial charge in [0.05, 0.1) is 42.9 Å². The zero-order valence-corrected chi connectivity index (χ0v) is 29.5. The molecule has 0 radical (unpaired) electrons. The van der Waals surface area contributed by atoms with E-state index in [0.717, 1.165) is 42.6 Å². The number of alkyl halides is 3. The molecule has 0 bridgehead atoms. The molecule has 286 valence electrons. The van der Waals surface area contributed by atoms with Gasteiger partial charge in [0, 0.05) is 11.0 Å². The molecular formula is C37H47F4N3O8. The van der Waals surface area contributed by atoms with E-state index in [0.29, 0.717) is 37.9 Å². The quantitative estimate of drug-likeness (QED) is 0.222. The number of aliphatic carboxylic acids is 1. The molecule has 1 aromatic heterocycles. The number of nitrogens with zero attached hydrogens (tertiary/aromatic N) is 2. The molecule has 2 heterocycles. The third-order valence-corrected chi connectivity index (χ3v) is 12.5. The largest absolute Gasteiger partial charge is 0.542 e. The summed E-state index contributed by atoms with van der Waals surface area (Å²) >= 11 is 0. The molecule has 1 aliphatic heterocycles. The molecule has 4 aliphatic carbocycles. The number of aliphatic hydroxyl groups is 3. The van der Waals surface area contributed by atoms with Crippen LogP contribution in [-0.2, 0) is 32.0 Å². The highest BCUT2D eigenvalue weighted by Crippen LogP contribution is 2.70. The lowest BCUT2D eigenvalue weighted by atomic mass is 9.45. The van der Waals surface area contributed by atoms with Crippen LogP contribution in [0.3, 0.4) is 0 Å². The second-order valence-electron chi connectivity index (χ2n) is 15.3. The number of carboxylic acid groups (broad SMARTS) is 1. The van der Waals surface area contributed by atoms with Crippen LogP contribution in [0.4, 0.5) is 17.6 Å². The smallest absolute Gasteiger partial charge is 0.430 e. The summed E-state index contributed by atoms with van der Waals surface area (Å²) in [5.74, 6) is -3.30. The highest BCUT2D eigenvalue weighted by atomic mass is 19.4. The predicted octanol–water partition coefficient (Wildman–Crippen LogP) is 1.97. The first-order valence-corrected chi connectivity index (χ1v) is 18.0. The second kappa shape index (κ2) is 14.2. The molecule has 52 heavy (non-hydrogen) atoms. The van der Waals surface area contributed by atoms with E-state index in [9.17, 15) is 32.6 Å². The number of quaternary nitrogens is 1. The number of carbonyl (C=O) groups excluding carboxylic acids is 2. The van der Waals surface area contributed by atoms with Gasteiger partial charge in [-0.1, -0.05) is 32.8 Å². The van der Waals surface area contributed by atoms with E-state index in [1.165, 1.54) is 11.6 Å². The Balaban J connectivity index is 0.000000604. The van der Waals surface area contributed by atoms with Crippen LogP contribution in [-0.4, -0.2) is 86.9 Å². The van der Waals surface area contributed by atoms with E-state index in [1.807, 2.05) is 22.3 Å². The number of allylic oxidation sites excluding steroid dienone is 1. The minimum Gasteiger partial charge on any atom is -0.542 e. The fraction of sp³-hybridized carbons (Fsp3) is 0.649. The van der Waals surface area contributed by atoms with Crippen LogP contribution in [0.1, 0.15) is 76.1 Å². The summed E-state index contributed by atoms with van der Waals surface area (Å²) in [5.41, 5.74) is 2.61. The Labute approximate surface area is 299 Å². The number of ketones is 1. The molecule has 3 saturated carbocycles. The van der Waals surface area contributed by atoms with Crippen LogP contribution in [0.5, 0.6) is 0 Å². The van der Waals surface area contributed by atoms with Crippen molar-refractivity contribution in [2.45, 2.75) is 103 Å². The van der Waals surface area contributed by atoms with E-state index in [1.54, 1.807) is 6.07 Å². The molecule has 7 rings (SSSR count). The first-order valence-electron chi connectivity index (χ1n) is 18.0. The van der Waals surface area contributed by atoms with E-state index in [4.69, 9.17) is 29.6 Å². The first-order chi connectivity index (χ1) is 24.5. The van der Waals surface area contributed by atoms with Crippen molar-refractivity contribution in [3.05, 3.63) is 52.6 Å². The number of fused-ring (bicyclic) bond motifs is 8. The van der Waals surface area contributed by atoms with Gasteiger partial charge in [-0.3, -0.25) is 4.79 Å². The standard InChI is InChI=1S/C35H46FN3O6.C2HF3O2/c1-4-5-31-44-30-14-25-24-8-6-22-13-27-21(18-38-39(27)23-7-9-26(36)20(12-23)17-37-10-11-40)15-33(22,2)32(24)28(42)16-34(25,3)35(30,45-31)29(43)19-41;3-2(4,5)1(6)7/h7,9,12-13,18,24-25,28,30-32,37,40-42H,4-6,8,10-11,14-17,19H2,1-3H3;(H,6,7)/t24-,25-,28-,30+,31+,32+,33-,34-,35+;/m0./s1. The van der Waals surface area contributed by atoms with E-state index >= 15 is 0 Å². The molecular weight excluding hydrogens is 690 g/mol. The Morgan fingerprint density at radius 1 is 1.21 bits per heavy atom. The molecule has 1 saturated heterocycles. The maximum atomic E-state index is 14.6. The van der Waals surface area contributed by atoms with Gasteiger partial charge in [-0.2, -0.15) is 18.3 Å². The summed E-state index contributed by atoms with van der Waals surface area (Å²) in [6.07, 6.45) is 2.59. The van der Waals surface area contributed by atoms with E-state index in [2.05, 4.69) is 26.8 Å². The van der Waals surface area contributed by atoms with Crippen molar-refractivity contribution in [3.8, 4) is 5.69 Å². The summed E-state index contributed by atoms with van der Waals surface area (Å²) in [7, 11) is 0. The Kier molecular flexibility index (Phi) is 10.5. The molecule has 0 amide bonds. The fourth-order valence-corrected chi connectivity index (χ4v) is 10.4. The van der Waals surface area contributed by atoms with Gasteiger partial charge in [-0.05, 0) is 91.5 Å². The monoisotopic (exact) mass is 737 g/mol. The number of benzene rings is 1. The summed E-state index contributed by atoms with van der Waals surface area (Å²) in [6.45, 7) is 6.83. The Morgan fingerprint density at radius 3 is 2.60 bits per heavy atom. The molecule has 9 atom stereocenters. The summed E-state index contributed by atoms with van der Waals surface area (Å²) in [4.78, 5) is 22.3. The number of aliphatic hydroxyl groups excluding tert-OH is 3. The lowest BCUT2D eigenvalue weighted by molar-refractivity contribution is -0.671. The average Bonchev–Trinajstić information content (AvgIpc) is 3.73. The number of halogens is 4. The van der Waals surface area contributed by atoms with Crippen LogP contribution in [0.25, 0.3) is 11.8 Å². The highest BCUT2D eigenvalue weighted by Gasteiger charge is 2.75. The summed E-state index contributed by atoms with van der Waals surface area (Å²) in [6, 6.07) is 5.07. The number of carboxylic acids is 1. The Hall–Kier alpha value is -3.21. The first kappa shape index (κ1) is 38.5. The maximum Gasteiger partial charge on any atom is 0.430 e. The van der Waals surface area contributed by atoms with E-state index in [-0.39, 0.29) is 41.4 Å². The van der Waals surface area contributed by atoms with Crippen molar-refractivity contribution in [2.75, 3.05) is 19.8 Å². The third kappa shape index (κ3) is 6.20. The third-order valence-electron chi connectivity index (χ3n) is 12.5. The van der Waals surface area contributed by atoms with Crippen LogP contribution in [0, 0.1) is 34.4 Å². The van der Waals surface area contributed by atoms with Gasteiger partial charge in [-0.25, -0.2) is 9.07 Å². The number of hydrogen-bond donors (Lipinski definition) is 4. The number of carbonyl (C=O) groups is 2. The van der Waals surface area contributed by atoms with Crippen molar-refractivity contribution < 1.29 is 62.4 Å². The lowest BCUT2D eigenvalue weighted by Gasteiger charge is -2.60. The average molecular weight is 738 g/mol. The zero-order valence-electron chi connectivity index (χ0n) is 29.5. The normalized spacial score (nSPS) is 34.5. The van der Waals surface area contributed by atoms with Gasteiger partial charge >= 0.3 is 6.18 Å². The Morgan fingerprint density at radius 2 is 1.94 bits per heavy atom. The molecule has 0 unspecified atom stereocenters. The summed E-state index contributed by atoms with van der Waals surface area (Å²) in [5, 5.41) is 46.7. The number of Topliss-reactive ketones (excluding diaryl/α,β-unsaturated/α-hetero) is 1. The zero-order chi connectivity index (χ0) is 37.8. The van der Waals surface area contributed by atoms with Crippen molar-refractivity contribution in [1.29, 1.82) is 0 Å². The van der Waals surface area contributed by atoms with Crippen molar-refractivity contribution in [3.63, 3.8) is 0 Å². The molecule has 4 fully saturated rings. The molecule has 5 aliphatic rings. The minimum atomic E-state index is -5.19. The van der Waals surface area contributed by atoms with Gasteiger partial charge in [-0.15, -0.1) is 0 Å². The van der Waals surface area contributed by atoms with Gasteiger partial charge in [0.25, 0.3) is 0 Å². The highest BCUT2D eigenvalue weighted by molar-refractivity contribution is 5.91. The van der Waals surface area contributed by atoms with Crippen LogP contribution in [0.15, 0.2) is 30.0 Å². The molecule has 0 spiro atoms. The van der Waals surface area contributed by atoms with Crippen molar-refractivity contribution >= 4 is 17.8 Å². The molecule has 15 heteroatoms. The van der Waals surface area contributed by atoms with Crippen LogP contribution < -0.4 is 10.4 Å².